The van der Waals surface area contributed by atoms with Crippen LogP contribution in [0.1, 0.15) is 30.6 Å². The maximum absolute atomic E-state index is 13.0. The van der Waals surface area contributed by atoms with Crippen LogP contribution in [0, 0.1) is 0 Å². The van der Waals surface area contributed by atoms with Gasteiger partial charge in [-0.15, -0.1) is 0 Å². The molecule has 0 aliphatic carbocycles. The SMILES string of the molecule is CCCN(CC(=O)Nc1cc(Cl)ccc1Cl)C(=O)c1ccccc1OCC. The lowest BCUT2D eigenvalue weighted by Gasteiger charge is -2.23. The Kier molecular flexibility index (Phi) is 7.95. The second kappa shape index (κ2) is 10.2. The van der Waals surface area contributed by atoms with Crippen molar-refractivity contribution in [2.24, 2.45) is 0 Å². The van der Waals surface area contributed by atoms with Crippen molar-refractivity contribution in [1.29, 1.82) is 0 Å². The van der Waals surface area contributed by atoms with E-state index < -0.39 is 0 Å². The number of carbonyl (C=O) groups excluding carboxylic acids is 2. The van der Waals surface area contributed by atoms with Gasteiger partial charge in [0.15, 0.2) is 0 Å². The summed E-state index contributed by atoms with van der Waals surface area (Å²) in [6.07, 6.45) is 0.716. The molecular weight excluding hydrogens is 387 g/mol. The van der Waals surface area contributed by atoms with E-state index in [4.69, 9.17) is 27.9 Å². The summed E-state index contributed by atoms with van der Waals surface area (Å²) < 4.78 is 5.54. The highest BCUT2D eigenvalue weighted by atomic mass is 35.5. The van der Waals surface area contributed by atoms with Gasteiger partial charge in [-0.3, -0.25) is 9.59 Å². The molecule has 1 N–H and O–H groups in total. The maximum Gasteiger partial charge on any atom is 0.258 e. The Bertz CT molecular complexity index is 812. The number of hydrogen-bond acceptors (Lipinski definition) is 3. The summed E-state index contributed by atoms with van der Waals surface area (Å²) in [5, 5.41) is 3.54. The van der Waals surface area contributed by atoms with Gasteiger partial charge in [0.1, 0.15) is 12.3 Å². The van der Waals surface area contributed by atoms with Crippen molar-refractivity contribution in [2.45, 2.75) is 20.3 Å². The topological polar surface area (TPSA) is 58.6 Å². The zero-order valence-electron chi connectivity index (χ0n) is 15.3. The molecule has 144 valence electrons. The number of nitrogens with one attached hydrogen (secondary N) is 1. The lowest BCUT2D eigenvalue weighted by atomic mass is 10.1. The predicted octanol–water partition coefficient (Wildman–Crippen LogP) is 4.88. The molecule has 0 aliphatic heterocycles. The Labute approximate surface area is 169 Å². The van der Waals surface area contributed by atoms with E-state index in [0.717, 1.165) is 0 Å². The molecule has 2 aromatic carbocycles. The van der Waals surface area contributed by atoms with Gasteiger partial charge >= 0.3 is 0 Å². The molecule has 0 fully saturated rings. The number of para-hydroxylation sites is 1. The summed E-state index contributed by atoms with van der Waals surface area (Å²) in [6, 6.07) is 11.8. The van der Waals surface area contributed by atoms with Gasteiger partial charge in [-0.05, 0) is 43.7 Å². The van der Waals surface area contributed by atoms with Crippen LogP contribution in [0.2, 0.25) is 10.0 Å². The summed E-state index contributed by atoms with van der Waals surface area (Å²) in [5.74, 6) is -0.104. The number of halogens is 2. The van der Waals surface area contributed by atoms with Crippen LogP contribution in [-0.2, 0) is 4.79 Å². The molecule has 7 heteroatoms. The lowest BCUT2D eigenvalue weighted by Crippen LogP contribution is -2.38. The molecule has 0 aliphatic rings. The number of ether oxygens (including phenoxy) is 1. The maximum atomic E-state index is 13.0. The standard InChI is InChI=1S/C20H22Cl2N2O3/c1-3-11-24(20(26)15-7-5-6-8-18(15)27-4-2)13-19(25)23-17-12-14(21)9-10-16(17)22/h5-10,12H,3-4,11,13H2,1-2H3,(H,23,25). The van der Waals surface area contributed by atoms with Crippen LogP contribution < -0.4 is 10.1 Å². The molecule has 0 saturated carbocycles. The van der Waals surface area contributed by atoms with Gasteiger partial charge in [-0.1, -0.05) is 42.3 Å². The van der Waals surface area contributed by atoms with Gasteiger partial charge in [0.25, 0.3) is 5.91 Å². The Morgan fingerprint density at radius 2 is 1.85 bits per heavy atom. The van der Waals surface area contributed by atoms with E-state index in [1.165, 1.54) is 4.90 Å². The van der Waals surface area contributed by atoms with Crippen molar-refractivity contribution in [3.8, 4) is 5.75 Å². The fourth-order valence-electron chi connectivity index (χ4n) is 2.57. The monoisotopic (exact) mass is 408 g/mol. The number of carbonyl (C=O) groups is 2. The average molecular weight is 409 g/mol. The summed E-state index contributed by atoms with van der Waals surface area (Å²) in [7, 11) is 0. The minimum Gasteiger partial charge on any atom is -0.493 e. The Morgan fingerprint density at radius 3 is 2.56 bits per heavy atom. The number of anilines is 1. The number of benzene rings is 2. The lowest BCUT2D eigenvalue weighted by molar-refractivity contribution is -0.116. The van der Waals surface area contributed by atoms with Crippen LogP contribution in [0.4, 0.5) is 5.69 Å². The molecule has 0 saturated heterocycles. The van der Waals surface area contributed by atoms with Crippen molar-refractivity contribution in [3.63, 3.8) is 0 Å². The van der Waals surface area contributed by atoms with E-state index in [1.54, 1.807) is 42.5 Å². The molecule has 2 aromatic rings. The third-order valence-electron chi connectivity index (χ3n) is 3.74. The summed E-state index contributed by atoms with van der Waals surface area (Å²) in [4.78, 5) is 26.9. The number of rotatable bonds is 8. The van der Waals surface area contributed by atoms with Crippen molar-refractivity contribution in [2.75, 3.05) is 25.0 Å². The Hall–Kier alpha value is -2.24. The molecular formula is C20H22Cl2N2O3. The zero-order chi connectivity index (χ0) is 19.8. The average Bonchev–Trinajstić information content (AvgIpc) is 2.64. The second-order valence-electron chi connectivity index (χ2n) is 5.83. The van der Waals surface area contributed by atoms with Crippen molar-refractivity contribution < 1.29 is 14.3 Å². The summed E-state index contributed by atoms with van der Waals surface area (Å²) in [5.41, 5.74) is 0.842. The first-order chi connectivity index (χ1) is 13.0. The van der Waals surface area contributed by atoms with Gasteiger partial charge in [-0.2, -0.15) is 0 Å². The Balaban J connectivity index is 2.16. The minimum absolute atomic E-state index is 0.101. The first-order valence-corrected chi connectivity index (χ1v) is 9.47. The normalized spacial score (nSPS) is 10.4. The van der Waals surface area contributed by atoms with Crippen LogP contribution in [0.5, 0.6) is 5.75 Å². The van der Waals surface area contributed by atoms with E-state index in [2.05, 4.69) is 5.32 Å². The van der Waals surface area contributed by atoms with Crippen molar-refractivity contribution in [3.05, 3.63) is 58.1 Å². The van der Waals surface area contributed by atoms with Crippen LogP contribution in [0.3, 0.4) is 0 Å². The van der Waals surface area contributed by atoms with Gasteiger partial charge in [-0.25, -0.2) is 0 Å². The molecule has 2 amide bonds. The zero-order valence-corrected chi connectivity index (χ0v) is 16.8. The van der Waals surface area contributed by atoms with Crippen molar-refractivity contribution in [1.82, 2.24) is 4.90 Å². The van der Waals surface area contributed by atoms with Crippen molar-refractivity contribution >= 4 is 40.7 Å². The predicted molar refractivity (Wildman–Crippen MR) is 109 cm³/mol. The highest BCUT2D eigenvalue weighted by molar-refractivity contribution is 6.35. The fourth-order valence-corrected chi connectivity index (χ4v) is 2.91. The minimum atomic E-state index is -0.352. The first kappa shape index (κ1) is 21.1. The fraction of sp³-hybridized carbons (Fsp3) is 0.300. The molecule has 0 bridgehead atoms. The Morgan fingerprint density at radius 1 is 1.11 bits per heavy atom. The molecule has 0 radical (unpaired) electrons. The quantitative estimate of drug-likeness (QED) is 0.676. The highest BCUT2D eigenvalue weighted by Gasteiger charge is 2.21. The van der Waals surface area contributed by atoms with E-state index in [1.807, 2.05) is 13.8 Å². The second-order valence-corrected chi connectivity index (χ2v) is 6.67. The summed E-state index contributed by atoms with van der Waals surface area (Å²) >= 11 is 12.0. The smallest absolute Gasteiger partial charge is 0.258 e. The number of amides is 2. The molecule has 5 nitrogen and oxygen atoms in total. The third-order valence-corrected chi connectivity index (χ3v) is 4.30. The van der Waals surface area contributed by atoms with Gasteiger partial charge in [0, 0.05) is 11.6 Å². The van der Waals surface area contributed by atoms with Crippen LogP contribution in [0.25, 0.3) is 0 Å². The first-order valence-electron chi connectivity index (χ1n) is 8.72. The van der Waals surface area contributed by atoms with E-state index in [9.17, 15) is 9.59 Å². The highest BCUT2D eigenvalue weighted by Crippen LogP contribution is 2.25. The van der Waals surface area contributed by atoms with E-state index in [0.29, 0.717) is 46.6 Å². The van der Waals surface area contributed by atoms with Gasteiger partial charge in [0.05, 0.1) is 22.9 Å². The molecule has 2 rings (SSSR count). The molecule has 0 atom stereocenters. The van der Waals surface area contributed by atoms with Crippen LogP contribution in [0.15, 0.2) is 42.5 Å². The van der Waals surface area contributed by atoms with E-state index in [-0.39, 0.29) is 18.4 Å². The number of hydrogen-bond donors (Lipinski definition) is 1. The molecule has 0 spiro atoms. The van der Waals surface area contributed by atoms with Crippen LogP contribution >= 0.6 is 23.2 Å². The molecule has 27 heavy (non-hydrogen) atoms. The van der Waals surface area contributed by atoms with E-state index >= 15 is 0 Å². The molecule has 0 heterocycles. The summed E-state index contributed by atoms with van der Waals surface area (Å²) in [6.45, 7) is 4.59. The van der Waals surface area contributed by atoms with Gasteiger partial charge in [0.2, 0.25) is 5.91 Å². The third kappa shape index (κ3) is 5.88. The molecule has 0 unspecified atom stereocenters. The number of nitrogens with zero attached hydrogens (tertiary/aromatic N) is 1. The molecule has 0 aromatic heterocycles. The van der Waals surface area contributed by atoms with Gasteiger partial charge < -0.3 is 15.0 Å². The largest absolute Gasteiger partial charge is 0.493 e. The van der Waals surface area contributed by atoms with Crippen LogP contribution in [-0.4, -0.2) is 36.4 Å².